The molecule has 8 nitrogen and oxygen atoms in total. The van der Waals surface area contributed by atoms with E-state index in [1.54, 1.807) is 11.9 Å². The van der Waals surface area contributed by atoms with Crippen LogP contribution in [0.3, 0.4) is 0 Å². The molecule has 2 aliphatic rings. The van der Waals surface area contributed by atoms with Gasteiger partial charge in [0.05, 0.1) is 22.1 Å². The van der Waals surface area contributed by atoms with Gasteiger partial charge in [-0.05, 0) is 48.0 Å². The van der Waals surface area contributed by atoms with E-state index in [1.165, 1.54) is 10.9 Å². The lowest BCUT2D eigenvalue weighted by molar-refractivity contribution is -0.142. The van der Waals surface area contributed by atoms with E-state index in [2.05, 4.69) is 31.4 Å². The number of aryl methyl sites for hydroxylation is 1. The molecule has 2 aromatic rings. The van der Waals surface area contributed by atoms with Gasteiger partial charge in [-0.15, -0.1) is 0 Å². The van der Waals surface area contributed by atoms with Gasteiger partial charge in [0.1, 0.15) is 12.2 Å². The zero-order chi connectivity index (χ0) is 22.3. The highest BCUT2D eigenvalue weighted by atomic mass is 79.9. The zero-order valence-corrected chi connectivity index (χ0v) is 18.5. The number of aromatic nitrogens is 4. The Morgan fingerprint density at radius 2 is 1.90 bits per heavy atom. The van der Waals surface area contributed by atoms with E-state index in [1.807, 2.05) is 0 Å². The molecule has 3 heterocycles. The molecule has 31 heavy (non-hydrogen) atoms. The van der Waals surface area contributed by atoms with Crippen LogP contribution in [0.25, 0.3) is 0 Å². The van der Waals surface area contributed by atoms with E-state index in [0.29, 0.717) is 18.8 Å². The minimum atomic E-state index is -4.62. The largest absolute Gasteiger partial charge is 0.436 e. The number of carbonyl (C=O) groups excluding carboxylic acids is 2. The molecule has 2 aromatic heterocycles. The van der Waals surface area contributed by atoms with Gasteiger partial charge in [-0.2, -0.15) is 23.4 Å². The minimum absolute atomic E-state index is 0.0552. The number of likely N-dealkylation sites (tertiary alicyclic amines) is 1. The van der Waals surface area contributed by atoms with Crippen LogP contribution in [0.5, 0.6) is 0 Å². The van der Waals surface area contributed by atoms with E-state index in [9.17, 15) is 22.8 Å². The van der Waals surface area contributed by atoms with E-state index in [4.69, 9.17) is 0 Å². The molecule has 12 heteroatoms. The number of piperidine rings is 1. The number of nitrogens with one attached hydrogen (secondary N) is 1. The average Bonchev–Trinajstić information content (AvgIpc) is 3.40. The number of amides is 2. The molecule has 0 unspecified atom stereocenters. The average molecular weight is 503 g/mol. The van der Waals surface area contributed by atoms with Crippen LogP contribution in [-0.2, 0) is 24.6 Å². The molecule has 0 spiro atoms. The summed E-state index contributed by atoms with van der Waals surface area (Å²) in [5, 5.41) is 10.3. The minimum Gasteiger partial charge on any atom is -0.337 e. The molecule has 2 amide bonds. The number of hydrogen-bond acceptors (Lipinski definition) is 4. The summed E-state index contributed by atoms with van der Waals surface area (Å²) in [6.07, 6.45) is 1.16. The second-order valence-electron chi connectivity index (χ2n) is 7.91. The van der Waals surface area contributed by atoms with Crippen LogP contribution in [0.1, 0.15) is 59.9 Å². The molecule has 1 aliphatic carbocycles. The van der Waals surface area contributed by atoms with E-state index < -0.39 is 24.3 Å². The zero-order valence-electron chi connectivity index (χ0n) is 16.9. The molecular formula is C19H22BrF3N6O2. The molecule has 2 fully saturated rings. The fraction of sp³-hybridized carbons (Fsp3) is 0.579. The summed E-state index contributed by atoms with van der Waals surface area (Å²) >= 11 is 3.01. The normalized spacial score (nSPS) is 17.1. The van der Waals surface area contributed by atoms with Gasteiger partial charge in [-0.1, -0.05) is 0 Å². The van der Waals surface area contributed by atoms with E-state index in [-0.39, 0.29) is 27.7 Å². The van der Waals surface area contributed by atoms with Crippen molar-refractivity contribution in [1.82, 2.24) is 24.5 Å². The van der Waals surface area contributed by atoms with Crippen molar-refractivity contribution in [2.45, 2.75) is 50.7 Å². The van der Waals surface area contributed by atoms with Crippen molar-refractivity contribution in [2.24, 2.45) is 7.05 Å². The predicted molar refractivity (Wildman–Crippen MR) is 108 cm³/mol. The molecule has 0 atom stereocenters. The van der Waals surface area contributed by atoms with E-state index >= 15 is 0 Å². The van der Waals surface area contributed by atoms with Crippen molar-refractivity contribution < 1.29 is 22.8 Å². The second kappa shape index (κ2) is 8.29. The second-order valence-corrected chi connectivity index (χ2v) is 8.70. The SMILES string of the molecule is Cn1ncc(NC(=O)Cn2nc(C(F)(F)F)c(Br)c2C2CC2)c1C(=O)N1CCCCC1. The highest BCUT2D eigenvalue weighted by Crippen LogP contribution is 2.47. The molecule has 168 valence electrons. The predicted octanol–water partition coefficient (Wildman–Crippen LogP) is 3.54. The highest BCUT2D eigenvalue weighted by Gasteiger charge is 2.42. The Morgan fingerprint density at radius 3 is 2.52 bits per heavy atom. The quantitative estimate of drug-likeness (QED) is 0.677. The summed E-state index contributed by atoms with van der Waals surface area (Å²) in [5.41, 5.74) is -0.184. The van der Waals surface area contributed by atoms with Crippen molar-refractivity contribution in [3.63, 3.8) is 0 Å². The van der Waals surface area contributed by atoms with Gasteiger partial charge in [0.15, 0.2) is 5.69 Å². The Hall–Kier alpha value is -2.37. The van der Waals surface area contributed by atoms with Crippen LogP contribution in [0.2, 0.25) is 0 Å². The number of anilines is 1. The summed E-state index contributed by atoms with van der Waals surface area (Å²) in [7, 11) is 1.61. The number of alkyl halides is 3. The van der Waals surface area contributed by atoms with Gasteiger partial charge in [-0.3, -0.25) is 19.0 Å². The first-order valence-electron chi connectivity index (χ1n) is 10.1. The van der Waals surface area contributed by atoms with Crippen LogP contribution < -0.4 is 5.32 Å². The lowest BCUT2D eigenvalue weighted by Gasteiger charge is -2.27. The Kier molecular flexibility index (Phi) is 5.84. The van der Waals surface area contributed by atoms with Gasteiger partial charge in [0, 0.05) is 26.1 Å². The Bertz CT molecular complexity index is 1010. The van der Waals surface area contributed by atoms with Gasteiger partial charge in [-0.25, -0.2) is 0 Å². The van der Waals surface area contributed by atoms with E-state index in [0.717, 1.165) is 36.8 Å². The smallest absolute Gasteiger partial charge is 0.337 e. The van der Waals surface area contributed by atoms with Crippen LogP contribution in [0.15, 0.2) is 10.7 Å². The molecule has 4 rings (SSSR count). The van der Waals surface area contributed by atoms with Crippen LogP contribution in [0.4, 0.5) is 18.9 Å². The maximum absolute atomic E-state index is 13.3. The molecule has 0 aromatic carbocycles. The summed E-state index contributed by atoms with van der Waals surface area (Å²) in [4.78, 5) is 27.3. The summed E-state index contributed by atoms with van der Waals surface area (Å²) in [5.74, 6) is -0.860. The maximum atomic E-state index is 13.3. The summed E-state index contributed by atoms with van der Waals surface area (Å²) < 4.78 is 42.2. The van der Waals surface area contributed by atoms with Crippen LogP contribution in [-0.4, -0.2) is 49.4 Å². The molecule has 1 N–H and O–H groups in total. The summed E-state index contributed by atoms with van der Waals surface area (Å²) in [6, 6.07) is 0. The van der Waals surface area contributed by atoms with Crippen molar-refractivity contribution in [2.75, 3.05) is 18.4 Å². The highest BCUT2D eigenvalue weighted by molar-refractivity contribution is 9.10. The third-order valence-corrected chi connectivity index (χ3v) is 6.30. The number of halogens is 4. The van der Waals surface area contributed by atoms with Gasteiger partial charge in [0.2, 0.25) is 5.91 Å². The van der Waals surface area contributed by atoms with Crippen molar-refractivity contribution in [3.8, 4) is 0 Å². The number of rotatable bonds is 5. The maximum Gasteiger partial charge on any atom is 0.436 e. The summed E-state index contributed by atoms with van der Waals surface area (Å²) in [6.45, 7) is 0.889. The molecule has 1 aliphatic heterocycles. The number of nitrogens with zero attached hydrogens (tertiary/aromatic N) is 5. The molecule has 0 radical (unpaired) electrons. The van der Waals surface area contributed by atoms with Crippen molar-refractivity contribution >= 4 is 33.4 Å². The Labute approximate surface area is 184 Å². The molecule has 0 bridgehead atoms. The molecule has 1 saturated carbocycles. The monoisotopic (exact) mass is 502 g/mol. The lowest BCUT2D eigenvalue weighted by Crippen LogP contribution is -2.37. The Balaban J connectivity index is 1.53. The fourth-order valence-corrected chi connectivity index (χ4v) is 4.69. The van der Waals surface area contributed by atoms with Gasteiger partial charge < -0.3 is 10.2 Å². The van der Waals surface area contributed by atoms with Crippen LogP contribution in [0, 0.1) is 0 Å². The van der Waals surface area contributed by atoms with Crippen molar-refractivity contribution in [1.29, 1.82) is 0 Å². The Morgan fingerprint density at radius 1 is 1.23 bits per heavy atom. The number of carbonyl (C=O) groups is 2. The van der Waals surface area contributed by atoms with Gasteiger partial charge >= 0.3 is 6.18 Å². The fourth-order valence-electron chi connectivity index (χ4n) is 3.86. The lowest BCUT2D eigenvalue weighted by atomic mass is 10.1. The first-order valence-corrected chi connectivity index (χ1v) is 10.9. The first kappa shape index (κ1) is 21.8. The van der Waals surface area contributed by atoms with Gasteiger partial charge in [0.25, 0.3) is 5.91 Å². The standard InChI is InChI=1S/C19H22BrF3N6O2/c1-27-16(18(31)28-7-3-2-4-8-28)12(9-24-27)25-13(30)10-29-15(11-5-6-11)14(20)17(26-29)19(21,22)23/h9,11H,2-8,10H2,1H3,(H,25,30). The first-order chi connectivity index (χ1) is 14.7. The number of hydrogen-bond donors (Lipinski definition) is 1. The third-order valence-electron chi connectivity index (χ3n) is 5.52. The molecular weight excluding hydrogens is 481 g/mol. The van der Waals surface area contributed by atoms with Crippen molar-refractivity contribution in [3.05, 3.63) is 27.8 Å². The molecule has 1 saturated heterocycles. The topological polar surface area (TPSA) is 85.0 Å². The third kappa shape index (κ3) is 4.48. The van der Waals surface area contributed by atoms with Crippen LogP contribution >= 0.6 is 15.9 Å².